The van der Waals surface area contributed by atoms with E-state index in [4.69, 9.17) is 9.29 Å². The largest absolute Gasteiger partial charge is 1.00 e. The van der Waals surface area contributed by atoms with E-state index in [1.54, 1.807) is 0 Å². The molecule has 0 aliphatic rings. The van der Waals surface area contributed by atoms with Crippen molar-refractivity contribution < 1.29 is 74.2 Å². The molecule has 0 atom stereocenters. The summed E-state index contributed by atoms with van der Waals surface area (Å²) in [5.41, 5.74) is 1.23. The fourth-order valence-corrected chi connectivity index (χ4v) is 3.84. The molecular formula is C23H31KO5S. The van der Waals surface area contributed by atoms with E-state index in [1.807, 2.05) is 24.3 Å². The SMILES string of the molecule is CCCCCCCCCCCc1ccc(Oc2ccc([O-])c(S(=O)(=O)O)c2)cc1.[K+]. The molecule has 0 aliphatic heterocycles. The maximum absolute atomic E-state index is 11.5. The summed E-state index contributed by atoms with van der Waals surface area (Å²) in [5.74, 6) is -0.0409. The summed E-state index contributed by atoms with van der Waals surface area (Å²) >= 11 is 0. The number of rotatable bonds is 13. The minimum Gasteiger partial charge on any atom is -0.872 e. The predicted molar refractivity (Wildman–Crippen MR) is 113 cm³/mol. The van der Waals surface area contributed by atoms with E-state index in [0.29, 0.717) is 5.75 Å². The molecule has 2 rings (SSSR count). The molecule has 0 aromatic heterocycles. The molecule has 30 heavy (non-hydrogen) atoms. The van der Waals surface area contributed by atoms with Crippen LogP contribution in [0.3, 0.4) is 0 Å². The van der Waals surface area contributed by atoms with Crippen molar-refractivity contribution in [3.8, 4) is 17.2 Å². The number of ether oxygens (including phenoxy) is 1. The Kier molecular flexibility index (Phi) is 13.5. The van der Waals surface area contributed by atoms with E-state index < -0.39 is 20.8 Å². The maximum atomic E-state index is 11.5. The average Bonchev–Trinajstić information content (AvgIpc) is 2.68. The second-order valence-electron chi connectivity index (χ2n) is 7.41. The van der Waals surface area contributed by atoms with Crippen molar-refractivity contribution in [2.45, 2.75) is 76.0 Å². The molecule has 1 N–H and O–H groups in total. The molecule has 5 nitrogen and oxygen atoms in total. The smallest absolute Gasteiger partial charge is 0.872 e. The first-order chi connectivity index (χ1) is 13.9. The summed E-state index contributed by atoms with van der Waals surface area (Å²) in [6, 6.07) is 11.1. The molecule has 0 fully saturated rings. The number of hydrogen-bond acceptors (Lipinski definition) is 4. The fourth-order valence-electron chi connectivity index (χ4n) is 3.25. The first kappa shape index (κ1) is 27.6. The molecule has 0 unspecified atom stereocenters. The molecule has 0 bridgehead atoms. The Balaban J connectivity index is 0.00000450. The van der Waals surface area contributed by atoms with Crippen LogP contribution >= 0.6 is 0 Å². The van der Waals surface area contributed by atoms with E-state index in [1.165, 1.54) is 63.0 Å². The number of benzene rings is 2. The van der Waals surface area contributed by atoms with Gasteiger partial charge in [0.1, 0.15) is 11.5 Å². The van der Waals surface area contributed by atoms with Crippen LogP contribution < -0.4 is 61.2 Å². The summed E-state index contributed by atoms with van der Waals surface area (Å²) in [6.45, 7) is 2.24. The quantitative estimate of drug-likeness (QED) is 0.283. The van der Waals surface area contributed by atoms with Crippen LogP contribution in [0.5, 0.6) is 17.2 Å². The number of hydrogen-bond donors (Lipinski definition) is 1. The Morgan fingerprint density at radius 3 is 1.93 bits per heavy atom. The predicted octanol–water partition coefficient (Wildman–Crippen LogP) is 2.88. The van der Waals surface area contributed by atoms with Gasteiger partial charge in [0.05, 0.1) is 4.90 Å². The van der Waals surface area contributed by atoms with Crippen molar-refractivity contribution in [3.63, 3.8) is 0 Å². The van der Waals surface area contributed by atoms with Crippen molar-refractivity contribution in [1.82, 2.24) is 0 Å². The molecular weight excluding hydrogens is 427 g/mol. The van der Waals surface area contributed by atoms with Gasteiger partial charge in [-0.2, -0.15) is 8.42 Å². The summed E-state index contributed by atoms with van der Waals surface area (Å²) < 4.78 is 37.2. The van der Waals surface area contributed by atoms with Crippen LogP contribution in [0.15, 0.2) is 47.4 Å². The third-order valence-electron chi connectivity index (χ3n) is 4.92. The van der Waals surface area contributed by atoms with Crippen molar-refractivity contribution in [1.29, 1.82) is 0 Å². The van der Waals surface area contributed by atoms with Crippen molar-refractivity contribution >= 4 is 10.1 Å². The Hall–Kier alpha value is -0.414. The van der Waals surface area contributed by atoms with Gasteiger partial charge in [0.15, 0.2) is 0 Å². The van der Waals surface area contributed by atoms with Gasteiger partial charge in [-0.25, -0.2) is 0 Å². The van der Waals surface area contributed by atoms with Gasteiger partial charge < -0.3 is 9.84 Å². The van der Waals surface area contributed by atoms with Gasteiger partial charge in [0, 0.05) is 6.07 Å². The van der Waals surface area contributed by atoms with Gasteiger partial charge >= 0.3 is 51.4 Å². The molecule has 0 spiro atoms. The van der Waals surface area contributed by atoms with Crippen LogP contribution in [0.4, 0.5) is 0 Å². The monoisotopic (exact) mass is 458 g/mol. The topological polar surface area (TPSA) is 86.7 Å². The van der Waals surface area contributed by atoms with Crippen molar-refractivity contribution in [2.24, 2.45) is 0 Å². The summed E-state index contributed by atoms with van der Waals surface area (Å²) in [6.07, 6.45) is 12.8. The molecule has 0 amide bonds. The van der Waals surface area contributed by atoms with Crippen molar-refractivity contribution in [3.05, 3.63) is 48.0 Å². The minimum atomic E-state index is -4.57. The second kappa shape index (κ2) is 14.6. The second-order valence-corrected chi connectivity index (χ2v) is 8.80. The molecule has 2 aromatic rings. The zero-order valence-electron chi connectivity index (χ0n) is 18.1. The molecule has 7 heteroatoms. The average molecular weight is 459 g/mol. The van der Waals surface area contributed by atoms with Crippen LogP contribution in [-0.4, -0.2) is 13.0 Å². The van der Waals surface area contributed by atoms with Gasteiger partial charge in [-0.3, -0.25) is 4.55 Å². The first-order valence-corrected chi connectivity index (χ1v) is 11.9. The van der Waals surface area contributed by atoms with E-state index >= 15 is 0 Å². The van der Waals surface area contributed by atoms with Crippen LogP contribution in [0, 0.1) is 0 Å². The van der Waals surface area contributed by atoms with Crippen LogP contribution in [0.25, 0.3) is 0 Å². The zero-order valence-corrected chi connectivity index (χ0v) is 22.0. The van der Waals surface area contributed by atoms with Crippen LogP contribution in [0.2, 0.25) is 0 Å². The normalized spacial score (nSPS) is 11.1. The van der Waals surface area contributed by atoms with Gasteiger partial charge in [0.2, 0.25) is 0 Å². The zero-order chi connectivity index (χ0) is 21.1. The van der Waals surface area contributed by atoms with Crippen LogP contribution in [-0.2, 0) is 16.5 Å². The first-order valence-electron chi connectivity index (χ1n) is 10.5. The van der Waals surface area contributed by atoms with Gasteiger partial charge in [0.25, 0.3) is 10.1 Å². The van der Waals surface area contributed by atoms with E-state index in [9.17, 15) is 13.5 Å². The maximum Gasteiger partial charge on any atom is 1.00 e. The standard InChI is InChI=1S/C23H32O5S.K/c1-2-3-4-5-6-7-8-9-10-11-19-12-14-20(15-13-19)28-21-16-17-22(24)23(18-21)29(25,26)27;/h12-18,24H,2-11H2,1H3,(H,25,26,27);/q;+1/p-1. The van der Waals surface area contributed by atoms with Gasteiger partial charge in [-0.05, 0) is 36.6 Å². The molecule has 2 aromatic carbocycles. The third-order valence-corrected chi connectivity index (χ3v) is 5.80. The number of aryl methyl sites for hydroxylation is 1. The third kappa shape index (κ3) is 10.3. The molecule has 0 saturated carbocycles. The van der Waals surface area contributed by atoms with Gasteiger partial charge in [-0.15, -0.1) is 0 Å². The summed E-state index contributed by atoms with van der Waals surface area (Å²) in [7, 11) is -4.57. The van der Waals surface area contributed by atoms with E-state index in [2.05, 4.69) is 6.92 Å². The molecule has 0 heterocycles. The molecule has 0 aliphatic carbocycles. The Labute approximate surface area is 223 Å². The molecule has 0 radical (unpaired) electrons. The Morgan fingerprint density at radius 2 is 1.37 bits per heavy atom. The molecule has 0 saturated heterocycles. The number of unbranched alkanes of at least 4 members (excludes halogenated alkanes) is 8. The van der Waals surface area contributed by atoms with Gasteiger partial charge in [-0.1, -0.05) is 82.2 Å². The summed E-state index contributed by atoms with van der Waals surface area (Å²) in [5, 5.41) is 11.5. The molecule has 160 valence electrons. The summed E-state index contributed by atoms with van der Waals surface area (Å²) in [4.78, 5) is -0.683. The fraction of sp³-hybridized carbons (Fsp3) is 0.478. The van der Waals surface area contributed by atoms with Crippen molar-refractivity contribution in [2.75, 3.05) is 0 Å². The van der Waals surface area contributed by atoms with Crippen LogP contribution in [0.1, 0.15) is 70.3 Å². The Morgan fingerprint density at radius 1 is 0.833 bits per heavy atom. The Bertz CT molecular complexity index is 850. The van der Waals surface area contributed by atoms with E-state index in [-0.39, 0.29) is 57.1 Å². The van der Waals surface area contributed by atoms with E-state index in [0.717, 1.165) is 25.0 Å². The minimum absolute atomic E-state index is 0.